The van der Waals surface area contributed by atoms with Crippen LogP contribution in [0.4, 0.5) is 23.4 Å². The summed E-state index contributed by atoms with van der Waals surface area (Å²) in [5, 5.41) is 34.6. The molecule has 0 radical (unpaired) electrons. The van der Waals surface area contributed by atoms with E-state index in [1.165, 1.54) is 16.8 Å². The molecule has 10 N–H and O–H groups in total. The zero-order valence-corrected chi connectivity index (χ0v) is 24.6. The number of nitrogens with zero attached hydrogens (tertiary/aromatic N) is 5. The summed E-state index contributed by atoms with van der Waals surface area (Å²) >= 11 is 0. The Kier molecular flexibility index (Phi) is 8.63. The number of aliphatic hydroxyl groups excluding tert-OH is 3. The summed E-state index contributed by atoms with van der Waals surface area (Å²) in [5.74, 6) is -0.241. The molecule has 8 atom stereocenters. The number of aromatic nitrogens is 6. The smallest absolute Gasteiger partial charge is 0.394 e. The van der Waals surface area contributed by atoms with Crippen LogP contribution in [0.2, 0.25) is 0 Å². The number of rotatable bonds is 10. The molecule has 2 fully saturated rings. The summed E-state index contributed by atoms with van der Waals surface area (Å²) in [7, 11) is -4.91. The van der Waals surface area contributed by atoms with Gasteiger partial charge in [-0.05, 0) is 18.2 Å². The number of hydrogen-bond acceptors (Lipinski definition) is 16. The summed E-state index contributed by atoms with van der Waals surface area (Å²) < 4.78 is 37.1. The SMILES string of the molecule is Nc1ccn([C@@H]2C[C@H](OP(=O)(O)OC[C@H]3O[C@@H](n4c(Nc5ccccc5)nc5c(=O)[nH]c(N)nc54)[C@H](O)[C@@H]3O)[C@@H](CO)O2)c(=O)n1. The van der Waals surface area contributed by atoms with Gasteiger partial charge in [-0.2, -0.15) is 9.97 Å². The zero-order chi connectivity index (χ0) is 32.7. The van der Waals surface area contributed by atoms with Gasteiger partial charge in [0.25, 0.3) is 5.56 Å². The molecule has 0 amide bonds. The van der Waals surface area contributed by atoms with Gasteiger partial charge < -0.3 is 46.5 Å². The van der Waals surface area contributed by atoms with Crippen LogP contribution >= 0.6 is 7.82 Å². The van der Waals surface area contributed by atoms with Crippen molar-refractivity contribution < 1.29 is 43.3 Å². The number of fused-ring (bicyclic) bond motifs is 1. The maximum Gasteiger partial charge on any atom is 0.472 e. The highest BCUT2D eigenvalue weighted by Gasteiger charge is 2.47. The average molecular weight is 664 g/mol. The second-order valence-electron chi connectivity index (χ2n) is 10.5. The number of nitrogens with one attached hydrogen (secondary N) is 2. The maximum atomic E-state index is 12.9. The van der Waals surface area contributed by atoms with Gasteiger partial charge in [-0.1, -0.05) is 18.2 Å². The van der Waals surface area contributed by atoms with Gasteiger partial charge in [0.2, 0.25) is 11.9 Å². The predicted octanol–water partition coefficient (Wildman–Crippen LogP) is -1.31. The molecule has 0 saturated carbocycles. The van der Waals surface area contributed by atoms with Crippen molar-refractivity contribution in [2.75, 3.05) is 30.0 Å². The number of ether oxygens (including phenoxy) is 2. The Hall–Kier alpha value is -4.24. The van der Waals surface area contributed by atoms with Crippen LogP contribution in [0, 0.1) is 0 Å². The molecule has 2 aliphatic rings. The highest BCUT2D eigenvalue weighted by Crippen LogP contribution is 2.49. The lowest BCUT2D eigenvalue weighted by Crippen LogP contribution is -2.34. The van der Waals surface area contributed by atoms with Crippen LogP contribution in [0.15, 0.2) is 52.2 Å². The molecule has 3 aromatic heterocycles. The van der Waals surface area contributed by atoms with Crippen molar-refractivity contribution in [3.05, 3.63) is 63.4 Å². The molecule has 4 aromatic rings. The third-order valence-electron chi connectivity index (χ3n) is 7.38. The van der Waals surface area contributed by atoms with Crippen LogP contribution in [0.3, 0.4) is 0 Å². The van der Waals surface area contributed by atoms with E-state index in [0.717, 1.165) is 4.57 Å². The Balaban J connectivity index is 1.18. The Bertz CT molecular complexity index is 1890. The van der Waals surface area contributed by atoms with Crippen molar-refractivity contribution in [1.82, 2.24) is 29.1 Å². The average Bonchev–Trinajstić information content (AvgIpc) is 3.65. The topological polar surface area (TPSA) is 297 Å². The van der Waals surface area contributed by atoms with Gasteiger partial charge >= 0.3 is 13.5 Å². The predicted molar refractivity (Wildman–Crippen MR) is 157 cm³/mol. The first kappa shape index (κ1) is 31.7. The van der Waals surface area contributed by atoms with Gasteiger partial charge in [0.1, 0.15) is 42.6 Å². The number of para-hydroxylation sites is 1. The molecule has 246 valence electrons. The maximum absolute atomic E-state index is 12.9. The van der Waals surface area contributed by atoms with Gasteiger partial charge in [-0.25, -0.2) is 14.3 Å². The van der Waals surface area contributed by atoms with E-state index in [2.05, 4.69) is 25.3 Å². The number of aromatic amines is 1. The number of nitrogens with two attached hydrogens (primary N) is 2. The van der Waals surface area contributed by atoms with E-state index in [4.69, 9.17) is 30.0 Å². The van der Waals surface area contributed by atoms with E-state index in [0.29, 0.717) is 5.69 Å². The number of phosphoric acid groups is 1. The molecule has 0 bridgehead atoms. The molecule has 1 unspecified atom stereocenters. The molecule has 0 aliphatic carbocycles. The number of nitrogen functional groups attached to an aromatic ring is 2. The van der Waals surface area contributed by atoms with Gasteiger partial charge in [0.05, 0.1) is 13.2 Å². The van der Waals surface area contributed by atoms with Gasteiger partial charge in [-0.3, -0.25) is 28.0 Å². The molecule has 20 nitrogen and oxygen atoms in total. The largest absolute Gasteiger partial charge is 0.472 e. The van der Waals surface area contributed by atoms with Crippen molar-refractivity contribution in [2.45, 2.75) is 49.4 Å². The molecule has 1 aromatic carbocycles. The molecule has 2 saturated heterocycles. The fourth-order valence-electron chi connectivity index (χ4n) is 5.22. The minimum absolute atomic E-state index is 0.0124. The fraction of sp³-hybridized carbons (Fsp3) is 0.400. The second kappa shape index (κ2) is 12.5. The summed E-state index contributed by atoms with van der Waals surface area (Å²) in [6.07, 6.45) is -8.20. The number of phosphoric ester groups is 1. The van der Waals surface area contributed by atoms with E-state index >= 15 is 0 Å². The van der Waals surface area contributed by atoms with E-state index < -0.39 is 75.3 Å². The lowest BCUT2D eigenvalue weighted by atomic mass is 10.1. The third kappa shape index (κ3) is 6.25. The molecule has 5 heterocycles. The number of aliphatic hydroxyl groups is 3. The fourth-order valence-corrected chi connectivity index (χ4v) is 6.18. The summed E-state index contributed by atoms with van der Waals surface area (Å²) in [6, 6.07) is 10.1. The second-order valence-corrected chi connectivity index (χ2v) is 11.9. The Morgan fingerprint density at radius 3 is 2.54 bits per heavy atom. The molecule has 46 heavy (non-hydrogen) atoms. The first-order chi connectivity index (χ1) is 21.9. The Labute approximate surface area is 257 Å². The number of imidazole rings is 1. The quantitative estimate of drug-likeness (QED) is 0.0913. The van der Waals surface area contributed by atoms with Crippen LogP contribution in [-0.4, -0.2) is 93.0 Å². The van der Waals surface area contributed by atoms with E-state index in [9.17, 15) is 34.4 Å². The monoisotopic (exact) mass is 663 g/mol. The van der Waals surface area contributed by atoms with Crippen molar-refractivity contribution in [2.24, 2.45) is 0 Å². The van der Waals surface area contributed by atoms with Crippen molar-refractivity contribution in [3.8, 4) is 0 Å². The summed E-state index contributed by atoms with van der Waals surface area (Å²) in [5.41, 5.74) is 10.2. The number of H-pyrrole nitrogens is 1. The minimum Gasteiger partial charge on any atom is -0.394 e. The standard InChI is InChI=1S/C25H30N9O11P/c26-15-6-7-33(25(39)29-15)16-8-12(13(9-35)43-16)45-46(40,41)42-10-14-18(36)19(37)22(44-14)34-20-17(21(38)32-23(27)31-20)30-24(34)28-11-4-2-1-3-5-11/h1-7,12-14,16,18-19,22,35-37H,8-10H2,(H,28,30)(H,40,41)(H2,26,29,39)(H3,27,31,32,38)/t12-,13+,14+,16-,18+,19+,22+/m0/s1. The Morgan fingerprint density at radius 2 is 1.83 bits per heavy atom. The van der Waals surface area contributed by atoms with Gasteiger partial charge in [-0.15, -0.1) is 0 Å². The van der Waals surface area contributed by atoms with Crippen molar-refractivity contribution in [1.29, 1.82) is 0 Å². The van der Waals surface area contributed by atoms with Crippen LogP contribution < -0.4 is 28.0 Å². The van der Waals surface area contributed by atoms with Crippen LogP contribution in [0.1, 0.15) is 18.9 Å². The first-order valence-corrected chi connectivity index (χ1v) is 15.3. The lowest BCUT2D eigenvalue weighted by Gasteiger charge is -2.22. The molecular weight excluding hydrogens is 633 g/mol. The highest BCUT2D eigenvalue weighted by atomic mass is 31.2. The minimum atomic E-state index is -4.91. The van der Waals surface area contributed by atoms with Crippen molar-refractivity contribution >= 4 is 42.4 Å². The third-order valence-corrected chi connectivity index (χ3v) is 8.40. The molecule has 6 rings (SSSR count). The summed E-state index contributed by atoms with van der Waals surface area (Å²) in [4.78, 5) is 49.7. The van der Waals surface area contributed by atoms with Crippen LogP contribution in [-0.2, 0) is 23.1 Å². The van der Waals surface area contributed by atoms with Crippen molar-refractivity contribution in [3.63, 3.8) is 0 Å². The number of hydrogen-bond donors (Lipinski definition) is 8. The van der Waals surface area contributed by atoms with Crippen LogP contribution in [0.25, 0.3) is 11.2 Å². The molecule has 0 spiro atoms. The van der Waals surface area contributed by atoms with E-state index in [-0.39, 0.29) is 35.3 Å². The normalized spacial score (nSPS) is 27.6. The zero-order valence-electron chi connectivity index (χ0n) is 23.7. The van der Waals surface area contributed by atoms with Gasteiger partial charge in [0.15, 0.2) is 17.4 Å². The highest BCUT2D eigenvalue weighted by molar-refractivity contribution is 7.47. The molecule has 21 heteroatoms. The number of benzene rings is 1. The summed E-state index contributed by atoms with van der Waals surface area (Å²) in [6.45, 7) is -1.36. The first-order valence-electron chi connectivity index (χ1n) is 13.8. The van der Waals surface area contributed by atoms with Gasteiger partial charge in [0, 0.05) is 18.3 Å². The number of anilines is 4. The van der Waals surface area contributed by atoms with E-state index in [1.807, 2.05) is 0 Å². The Morgan fingerprint density at radius 1 is 1.07 bits per heavy atom. The molecule has 2 aliphatic heterocycles. The molecular formula is C25H30N9O11P. The van der Waals surface area contributed by atoms with E-state index in [1.54, 1.807) is 30.3 Å². The van der Waals surface area contributed by atoms with Crippen LogP contribution in [0.5, 0.6) is 0 Å². The lowest BCUT2D eigenvalue weighted by molar-refractivity contribution is -0.0586.